The zero-order valence-corrected chi connectivity index (χ0v) is 24.6. The molecule has 2 aromatic carbocycles. The highest BCUT2D eigenvalue weighted by Gasteiger charge is 2.22. The fourth-order valence-corrected chi connectivity index (χ4v) is 5.78. The van der Waals surface area contributed by atoms with Crippen LogP contribution in [0.25, 0.3) is 39.5 Å². The molecule has 0 amide bonds. The second-order valence-corrected chi connectivity index (χ2v) is 11.1. The first kappa shape index (κ1) is 28.9. The van der Waals surface area contributed by atoms with Crippen molar-refractivity contribution in [1.82, 2.24) is 34.4 Å². The van der Waals surface area contributed by atoms with Crippen LogP contribution in [0.3, 0.4) is 0 Å². The van der Waals surface area contributed by atoms with E-state index in [1.54, 1.807) is 36.7 Å². The number of pyridine rings is 2. The Balaban J connectivity index is 1.14. The quantitative estimate of drug-likeness (QED) is 0.231. The largest absolute Gasteiger partial charge is 0.383 e. The summed E-state index contributed by atoms with van der Waals surface area (Å²) in [5.41, 5.74) is 10.5. The van der Waals surface area contributed by atoms with Crippen LogP contribution in [0, 0.1) is 23.0 Å². The molecule has 4 aromatic heterocycles. The minimum atomic E-state index is -0.694. The van der Waals surface area contributed by atoms with Gasteiger partial charge in [0, 0.05) is 55.4 Å². The molecule has 1 fully saturated rings. The number of fused-ring (bicyclic) bond motifs is 1. The van der Waals surface area contributed by atoms with Gasteiger partial charge in [-0.05, 0) is 73.0 Å². The molecule has 3 N–H and O–H groups in total. The summed E-state index contributed by atoms with van der Waals surface area (Å²) in [6.07, 6.45) is 5.11. The molecule has 5 heterocycles. The topological polar surface area (TPSA) is 134 Å². The summed E-state index contributed by atoms with van der Waals surface area (Å²) in [5, 5.41) is 12.5. The Morgan fingerprint density at radius 3 is 2.48 bits per heavy atom. The first-order valence-corrected chi connectivity index (χ1v) is 14.8. The van der Waals surface area contributed by atoms with Gasteiger partial charge in [0.2, 0.25) is 5.82 Å². The molecule has 7 rings (SSSR count). The molecular formula is C34H28F2N10. The molecule has 1 aliphatic rings. The summed E-state index contributed by atoms with van der Waals surface area (Å²) >= 11 is 0. The van der Waals surface area contributed by atoms with Gasteiger partial charge >= 0.3 is 0 Å². The van der Waals surface area contributed by atoms with Crippen LogP contribution in [0.15, 0.2) is 85.2 Å². The molecule has 1 saturated heterocycles. The number of nitriles is 1. The molecule has 46 heavy (non-hydrogen) atoms. The molecule has 0 radical (unpaired) electrons. The smallest absolute Gasteiger partial charge is 0.234 e. The maximum Gasteiger partial charge on any atom is 0.234 e. The van der Waals surface area contributed by atoms with E-state index in [1.165, 1.54) is 12.1 Å². The lowest BCUT2D eigenvalue weighted by Gasteiger charge is -2.32. The number of rotatable bonds is 7. The van der Waals surface area contributed by atoms with Crippen molar-refractivity contribution in [3.8, 4) is 34.4 Å². The number of nitrogens with two attached hydrogens (primary N) is 1. The zero-order chi connectivity index (χ0) is 31.6. The second kappa shape index (κ2) is 12.3. The predicted molar refractivity (Wildman–Crippen MR) is 171 cm³/mol. The van der Waals surface area contributed by atoms with E-state index in [9.17, 15) is 8.78 Å². The Hall–Kier alpha value is -5.80. The highest BCUT2D eigenvalue weighted by molar-refractivity contribution is 5.84. The molecule has 228 valence electrons. The Morgan fingerprint density at radius 2 is 1.72 bits per heavy atom. The van der Waals surface area contributed by atoms with Gasteiger partial charge in [-0.3, -0.25) is 9.47 Å². The number of benzene rings is 2. The number of hydrogen-bond donors (Lipinski definition) is 2. The minimum Gasteiger partial charge on any atom is -0.383 e. The molecule has 0 atom stereocenters. The van der Waals surface area contributed by atoms with Gasteiger partial charge in [-0.15, -0.1) is 0 Å². The van der Waals surface area contributed by atoms with Gasteiger partial charge in [-0.1, -0.05) is 12.1 Å². The molecule has 1 aliphatic heterocycles. The SMILES string of the molecule is N#Cc1nccc(NC2CCN(Cc3ccc(-n4c(-c5cccnc5N)nc5ccc(-c6ccc(F)cc6F)nc54)cc3)CC2)n1. The van der Waals surface area contributed by atoms with Crippen LogP contribution in [0.1, 0.15) is 24.2 Å². The number of nitrogen functional groups attached to an aromatic ring is 1. The number of hydrogen-bond acceptors (Lipinski definition) is 9. The van der Waals surface area contributed by atoms with Gasteiger partial charge in [-0.25, -0.2) is 33.7 Å². The third-order valence-electron chi connectivity index (χ3n) is 8.09. The number of nitrogens with one attached hydrogen (secondary N) is 1. The highest BCUT2D eigenvalue weighted by Crippen LogP contribution is 2.32. The number of imidazole rings is 1. The Morgan fingerprint density at radius 1 is 0.891 bits per heavy atom. The molecule has 0 saturated carbocycles. The maximum atomic E-state index is 14.7. The second-order valence-electron chi connectivity index (χ2n) is 11.1. The van der Waals surface area contributed by atoms with Gasteiger partial charge in [0.15, 0.2) is 11.5 Å². The molecule has 0 bridgehead atoms. The highest BCUT2D eigenvalue weighted by atomic mass is 19.1. The first-order chi connectivity index (χ1) is 22.4. The van der Waals surface area contributed by atoms with Crippen LogP contribution >= 0.6 is 0 Å². The van der Waals surface area contributed by atoms with E-state index >= 15 is 0 Å². The Labute approximate surface area is 263 Å². The Bertz CT molecular complexity index is 2080. The molecular weight excluding hydrogens is 586 g/mol. The Kier molecular flexibility index (Phi) is 7.74. The van der Waals surface area contributed by atoms with Crippen LogP contribution in [0.5, 0.6) is 0 Å². The lowest BCUT2D eigenvalue weighted by atomic mass is 10.0. The fourth-order valence-electron chi connectivity index (χ4n) is 5.78. The van der Waals surface area contributed by atoms with Crippen molar-refractivity contribution in [2.24, 2.45) is 0 Å². The van der Waals surface area contributed by atoms with Gasteiger partial charge in [0.1, 0.15) is 34.9 Å². The van der Waals surface area contributed by atoms with Gasteiger partial charge in [-0.2, -0.15) is 5.26 Å². The van der Waals surface area contributed by atoms with Crippen LogP contribution in [0.2, 0.25) is 0 Å². The molecule has 10 nitrogen and oxygen atoms in total. The van der Waals surface area contributed by atoms with Crippen molar-refractivity contribution in [1.29, 1.82) is 5.26 Å². The third-order valence-corrected chi connectivity index (χ3v) is 8.09. The van der Waals surface area contributed by atoms with E-state index in [0.717, 1.165) is 49.8 Å². The number of likely N-dealkylation sites (tertiary alicyclic amines) is 1. The number of anilines is 2. The number of halogens is 2. The lowest BCUT2D eigenvalue weighted by Crippen LogP contribution is -2.38. The molecule has 0 spiro atoms. The van der Waals surface area contributed by atoms with Crippen LogP contribution in [0.4, 0.5) is 20.4 Å². The maximum absolute atomic E-state index is 14.7. The van der Waals surface area contributed by atoms with E-state index < -0.39 is 11.6 Å². The van der Waals surface area contributed by atoms with Gasteiger partial charge in [0.25, 0.3) is 0 Å². The summed E-state index contributed by atoms with van der Waals surface area (Å²) in [7, 11) is 0. The fraction of sp³-hybridized carbons (Fsp3) is 0.176. The minimum absolute atomic E-state index is 0.156. The van der Waals surface area contributed by atoms with Crippen molar-refractivity contribution in [3.05, 3.63) is 108 Å². The van der Waals surface area contributed by atoms with Crippen LogP contribution in [-0.2, 0) is 6.54 Å². The summed E-state index contributed by atoms with van der Waals surface area (Å²) in [6, 6.07) is 22.7. The van der Waals surface area contributed by atoms with E-state index in [4.69, 9.17) is 21.0 Å². The van der Waals surface area contributed by atoms with Crippen molar-refractivity contribution in [2.75, 3.05) is 24.1 Å². The average Bonchev–Trinajstić information content (AvgIpc) is 3.45. The monoisotopic (exact) mass is 614 g/mol. The van der Waals surface area contributed by atoms with E-state index in [0.29, 0.717) is 39.9 Å². The van der Waals surface area contributed by atoms with Crippen LogP contribution < -0.4 is 11.1 Å². The predicted octanol–water partition coefficient (Wildman–Crippen LogP) is 5.75. The van der Waals surface area contributed by atoms with E-state index in [2.05, 4.69) is 37.3 Å². The summed E-state index contributed by atoms with van der Waals surface area (Å²) in [4.78, 5) is 24.5. The van der Waals surface area contributed by atoms with Crippen molar-refractivity contribution in [3.63, 3.8) is 0 Å². The summed E-state index contributed by atoms with van der Waals surface area (Å²) in [5.74, 6) is 0.357. The molecule has 0 aliphatic carbocycles. The van der Waals surface area contributed by atoms with Gasteiger partial charge < -0.3 is 11.1 Å². The molecule has 12 heteroatoms. The van der Waals surface area contributed by atoms with Crippen molar-refractivity contribution in [2.45, 2.75) is 25.4 Å². The number of nitrogens with zero attached hydrogens (tertiary/aromatic N) is 8. The molecule has 0 unspecified atom stereocenters. The van der Waals surface area contributed by atoms with Crippen molar-refractivity contribution >= 4 is 22.8 Å². The number of piperidine rings is 1. The average molecular weight is 615 g/mol. The van der Waals surface area contributed by atoms with E-state index in [1.807, 2.05) is 28.8 Å². The lowest BCUT2D eigenvalue weighted by molar-refractivity contribution is 0.211. The van der Waals surface area contributed by atoms with E-state index in [-0.39, 0.29) is 17.4 Å². The van der Waals surface area contributed by atoms with Crippen molar-refractivity contribution < 1.29 is 8.78 Å². The first-order valence-electron chi connectivity index (χ1n) is 14.8. The zero-order valence-electron chi connectivity index (χ0n) is 24.6. The summed E-state index contributed by atoms with van der Waals surface area (Å²) in [6.45, 7) is 2.62. The van der Waals surface area contributed by atoms with Crippen LogP contribution in [-0.4, -0.2) is 53.5 Å². The molecule has 6 aromatic rings. The normalized spacial score (nSPS) is 13.9. The number of aromatic nitrogens is 6. The third kappa shape index (κ3) is 5.83. The van der Waals surface area contributed by atoms with Gasteiger partial charge in [0.05, 0.1) is 11.3 Å². The standard InChI is InChI=1S/C34H28F2N10/c35-22-5-8-25(27(36)18-22)28-9-10-29-34(42-28)46(33(43-29)26-2-1-14-40-32(26)38)24-6-3-21(4-7-24)20-45-16-12-23(13-17-45)41-30-11-15-39-31(19-37)44-30/h1-11,14-15,18,23H,12-13,16-17,20H2,(H2,38,40)(H,39,41,44). The summed E-state index contributed by atoms with van der Waals surface area (Å²) < 4.78 is 30.2.